The van der Waals surface area contributed by atoms with Crippen LogP contribution in [0, 0.1) is 0 Å². The van der Waals surface area contributed by atoms with Crippen LogP contribution in [0.2, 0.25) is 0 Å². The summed E-state index contributed by atoms with van der Waals surface area (Å²) < 4.78 is 28.1. The Bertz CT molecular complexity index is 1290. The minimum atomic E-state index is -3.78. The molecule has 1 atom stereocenters. The number of nitrogens with zero attached hydrogens (tertiary/aromatic N) is 3. The van der Waals surface area contributed by atoms with E-state index in [9.17, 15) is 8.42 Å². The highest BCUT2D eigenvalue weighted by molar-refractivity contribution is 7.92. The van der Waals surface area contributed by atoms with Crippen molar-refractivity contribution in [1.29, 1.82) is 0 Å². The molecule has 4 aromatic rings. The van der Waals surface area contributed by atoms with Gasteiger partial charge in [0, 0.05) is 18.8 Å². The van der Waals surface area contributed by atoms with Gasteiger partial charge in [-0.25, -0.2) is 17.7 Å². The normalized spacial score (nSPS) is 12.5. The molecule has 0 radical (unpaired) electrons. The lowest BCUT2D eigenvalue weighted by Gasteiger charge is -2.23. The Kier molecular flexibility index (Phi) is 5.86. The van der Waals surface area contributed by atoms with Crippen LogP contribution >= 0.6 is 0 Å². The van der Waals surface area contributed by atoms with Gasteiger partial charge in [-0.15, -0.1) is 0 Å². The zero-order valence-corrected chi connectivity index (χ0v) is 18.3. The predicted octanol–water partition coefficient (Wildman–Crippen LogP) is 5.02. The van der Waals surface area contributed by atoms with Crippen molar-refractivity contribution < 1.29 is 8.42 Å². The van der Waals surface area contributed by atoms with Crippen molar-refractivity contribution in [2.75, 3.05) is 16.2 Å². The van der Waals surface area contributed by atoms with E-state index in [1.165, 1.54) is 4.31 Å². The smallest absolute Gasteiger partial charge is 0.265 e. The fourth-order valence-electron chi connectivity index (χ4n) is 3.49. The summed E-state index contributed by atoms with van der Waals surface area (Å²) in [5.74, 6) is 0.703. The molecule has 6 nitrogen and oxygen atoms in total. The molecule has 7 heteroatoms. The summed E-state index contributed by atoms with van der Waals surface area (Å²) in [6, 6.07) is 24.4. The van der Waals surface area contributed by atoms with Crippen LogP contribution in [0.15, 0.2) is 90.0 Å². The number of hydrogen-bond acceptors (Lipinski definition) is 5. The summed E-state index contributed by atoms with van der Waals surface area (Å²) in [5.41, 5.74) is 1.09. The molecule has 0 aliphatic rings. The van der Waals surface area contributed by atoms with Crippen molar-refractivity contribution in [2.24, 2.45) is 0 Å². The highest BCUT2D eigenvalue weighted by atomic mass is 32.2. The number of fused-ring (bicyclic) bond motifs is 1. The zero-order valence-electron chi connectivity index (χ0n) is 17.4. The molecule has 0 saturated heterocycles. The topological polar surface area (TPSA) is 75.2 Å². The minimum Gasteiger partial charge on any atom is -0.348 e. The van der Waals surface area contributed by atoms with Gasteiger partial charge in [0.05, 0.1) is 10.9 Å². The molecule has 3 aromatic carbocycles. The maximum absolute atomic E-state index is 13.4. The van der Waals surface area contributed by atoms with Gasteiger partial charge >= 0.3 is 0 Å². The molecule has 31 heavy (non-hydrogen) atoms. The number of aromatic nitrogens is 2. The summed E-state index contributed by atoms with van der Waals surface area (Å²) in [6.07, 6.45) is 1.57. The van der Waals surface area contributed by atoms with Crippen molar-refractivity contribution in [3.63, 3.8) is 0 Å². The number of rotatable bonds is 7. The lowest BCUT2D eigenvalue weighted by molar-refractivity contribution is 0.591. The highest BCUT2D eigenvalue weighted by Gasteiger charge is 2.25. The average Bonchev–Trinajstić information content (AvgIpc) is 2.80. The first-order chi connectivity index (χ1) is 15.0. The summed E-state index contributed by atoms with van der Waals surface area (Å²) in [5, 5.41) is 5.12. The lowest BCUT2D eigenvalue weighted by atomic mass is 10.1. The zero-order chi connectivity index (χ0) is 21.8. The van der Waals surface area contributed by atoms with E-state index in [-0.39, 0.29) is 17.5 Å². The summed E-state index contributed by atoms with van der Waals surface area (Å²) in [7, 11) is -3.78. The minimum absolute atomic E-state index is 0.0244. The maximum atomic E-state index is 13.4. The maximum Gasteiger partial charge on any atom is 0.265 e. The van der Waals surface area contributed by atoms with Crippen molar-refractivity contribution in [1.82, 2.24) is 9.97 Å². The van der Waals surface area contributed by atoms with E-state index in [4.69, 9.17) is 0 Å². The first-order valence-corrected chi connectivity index (χ1v) is 11.6. The largest absolute Gasteiger partial charge is 0.348 e. The molecular weight excluding hydrogens is 408 g/mol. The molecule has 0 bridgehead atoms. The third-order valence-electron chi connectivity index (χ3n) is 5.14. The van der Waals surface area contributed by atoms with Gasteiger partial charge in [0.15, 0.2) is 0 Å². The van der Waals surface area contributed by atoms with Crippen LogP contribution in [0.1, 0.15) is 25.5 Å². The van der Waals surface area contributed by atoms with Gasteiger partial charge in [-0.3, -0.25) is 0 Å². The molecular formula is C24H24N4O2S. The monoisotopic (exact) mass is 432 g/mol. The van der Waals surface area contributed by atoms with Gasteiger partial charge in [0.25, 0.3) is 10.0 Å². The number of sulfonamides is 1. The van der Waals surface area contributed by atoms with E-state index < -0.39 is 10.0 Å². The molecule has 0 amide bonds. The third kappa shape index (κ3) is 4.36. The molecule has 0 spiro atoms. The second kappa shape index (κ2) is 8.73. The predicted molar refractivity (Wildman–Crippen MR) is 125 cm³/mol. The second-order valence-electron chi connectivity index (χ2n) is 7.19. The summed E-state index contributed by atoms with van der Waals surface area (Å²) in [4.78, 5) is 9.00. The molecule has 1 aromatic heterocycles. The standard InChI is InChI=1S/C24H24N4O2S/c1-3-28(31(29,30)22-14-13-20-11-7-8-12-21(20)17-22)23-15-16-25-24(27-23)26-18(2)19-9-5-4-6-10-19/h4-18H,3H2,1-2H3,(H,25,26,27)/t18-/m0/s1. The Balaban J connectivity index is 1.64. The van der Waals surface area contributed by atoms with Crippen molar-refractivity contribution in [2.45, 2.75) is 24.8 Å². The number of anilines is 2. The molecule has 0 unspecified atom stereocenters. The van der Waals surface area contributed by atoms with Gasteiger partial charge in [0.2, 0.25) is 5.95 Å². The van der Waals surface area contributed by atoms with Gasteiger partial charge in [0.1, 0.15) is 5.82 Å². The van der Waals surface area contributed by atoms with E-state index in [1.54, 1.807) is 31.3 Å². The molecule has 0 aliphatic heterocycles. The van der Waals surface area contributed by atoms with Crippen LogP contribution < -0.4 is 9.62 Å². The SMILES string of the molecule is CCN(c1ccnc(N[C@@H](C)c2ccccc2)n1)S(=O)(=O)c1ccc2ccccc2c1. The van der Waals surface area contributed by atoms with Gasteiger partial charge in [-0.2, -0.15) is 4.98 Å². The molecule has 0 aliphatic carbocycles. The van der Waals surface area contributed by atoms with E-state index in [0.29, 0.717) is 11.8 Å². The number of benzene rings is 3. The number of nitrogens with one attached hydrogen (secondary N) is 1. The highest BCUT2D eigenvalue weighted by Crippen LogP contribution is 2.26. The van der Waals surface area contributed by atoms with Crippen LogP contribution in [-0.4, -0.2) is 24.9 Å². The van der Waals surface area contributed by atoms with Crippen LogP contribution in [-0.2, 0) is 10.0 Å². The van der Waals surface area contributed by atoms with Crippen LogP contribution in [0.25, 0.3) is 10.8 Å². The van der Waals surface area contributed by atoms with Crippen molar-refractivity contribution in [3.8, 4) is 0 Å². The fourth-order valence-corrected chi connectivity index (χ4v) is 4.94. The Morgan fingerprint density at radius 3 is 2.39 bits per heavy atom. The Morgan fingerprint density at radius 1 is 0.935 bits per heavy atom. The molecule has 0 saturated carbocycles. The first kappa shape index (κ1) is 20.8. The Labute approximate surface area is 182 Å². The van der Waals surface area contributed by atoms with Crippen LogP contribution in [0.5, 0.6) is 0 Å². The third-order valence-corrected chi connectivity index (χ3v) is 7.01. The van der Waals surface area contributed by atoms with Crippen molar-refractivity contribution >= 4 is 32.6 Å². The molecule has 4 rings (SSSR count). The summed E-state index contributed by atoms with van der Waals surface area (Å²) >= 11 is 0. The number of hydrogen-bond donors (Lipinski definition) is 1. The fraction of sp³-hybridized carbons (Fsp3) is 0.167. The van der Waals surface area contributed by atoms with Gasteiger partial charge in [-0.1, -0.05) is 60.7 Å². The molecule has 1 N–H and O–H groups in total. The quantitative estimate of drug-likeness (QED) is 0.444. The van der Waals surface area contributed by atoms with E-state index in [1.807, 2.05) is 67.6 Å². The van der Waals surface area contributed by atoms with E-state index in [0.717, 1.165) is 16.3 Å². The average molecular weight is 433 g/mol. The molecule has 0 fully saturated rings. The molecule has 1 heterocycles. The Hall–Kier alpha value is -3.45. The molecule has 158 valence electrons. The first-order valence-electron chi connectivity index (χ1n) is 10.1. The van der Waals surface area contributed by atoms with Crippen molar-refractivity contribution in [3.05, 3.63) is 90.6 Å². The Morgan fingerprint density at radius 2 is 1.65 bits per heavy atom. The lowest BCUT2D eigenvalue weighted by Crippen LogP contribution is -2.31. The van der Waals surface area contributed by atoms with Gasteiger partial charge in [-0.05, 0) is 42.3 Å². The van der Waals surface area contributed by atoms with Crippen LogP contribution in [0.4, 0.5) is 11.8 Å². The van der Waals surface area contributed by atoms with E-state index in [2.05, 4.69) is 15.3 Å². The van der Waals surface area contributed by atoms with Crippen LogP contribution in [0.3, 0.4) is 0 Å². The second-order valence-corrected chi connectivity index (χ2v) is 9.06. The summed E-state index contributed by atoms with van der Waals surface area (Å²) in [6.45, 7) is 4.05. The van der Waals surface area contributed by atoms with Gasteiger partial charge < -0.3 is 5.32 Å². The van der Waals surface area contributed by atoms with E-state index >= 15 is 0 Å².